The summed E-state index contributed by atoms with van der Waals surface area (Å²) >= 11 is 0. The molecule has 0 bridgehead atoms. The Balaban J connectivity index is 2.22. The van der Waals surface area contributed by atoms with E-state index in [9.17, 15) is 10.1 Å². The molecule has 0 atom stereocenters. The lowest BCUT2D eigenvalue weighted by molar-refractivity contribution is -0.384. The van der Waals surface area contributed by atoms with E-state index in [4.69, 9.17) is 0 Å². The molecule has 0 unspecified atom stereocenters. The standard InChI is InChI=1S/C14H10N2O2/c17-16(18)14-4-2-1-3-12(14)11-6-5-10-7-8-15-13(10)9-11/h1-9,15H. The number of hydrogen-bond donors (Lipinski definition) is 1. The Bertz CT molecular complexity index is 731. The molecule has 88 valence electrons. The van der Waals surface area contributed by atoms with Crippen LogP contribution in [-0.2, 0) is 0 Å². The van der Waals surface area contributed by atoms with Crippen LogP contribution in [0.1, 0.15) is 0 Å². The maximum Gasteiger partial charge on any atom is 0.277 e. The van der Waals surface area contributed by atoms with Gasteiger partial charge in [0.2, 0.25) is 0 Å². The Morgan fingerprint density at radius 3 is 2.72 bits per heavy atom. The zero-order valence-electron chi connectivity index (χ0n) is 9.46. The highest BCUT2D eigenvalue weighted by Crippen LogP contribution is 2.31. The van der Waals surface area contributed by atoms with Crippen LogP contribution >= 0.6 is 0 Å². The van der Waals surface area contributed by atoms with Crippen molar-refractivity contribution in [3.63, 3.8) is 0 Å². The minimum absolute atomic E-state index is 0.128. The fourth-order valence-electron chi connectivity index (χ4n) is 2.09. The minimum Gasteiger partial charge on any atom is -0.361 e. The summed E-state index contributed by atoms with van der Waals surface area (Å²) in [6, 6.07) is 14.5. The largest absolute Gasteiger partial charge is 0.361 e. The third kappa shape index (κ3) is 1.64. The number of hydrogen-bond acceptors (Lipinski definition) is 2. The lowest BCUT2D eigenvalue weighted by atomic mass is 10.0. The second-order valence-electron chi connectivity index (χ2n) is 4.05. The molecule has 0 aliphatic carbocycles. The van der Waals surface area contributed by atoms with Crippen molar-refractivity contribution < 1.29 is 4.92 Å². The number of nitro benzene ring substituents is 1. The van der Waals surface area contributed by atoms with Crippen LogP contribution in [0, 0.1) is 10.1 Å². The summed E-state index contributed by atoms with van der Waals surface area (Å²) in [6.45, 7) is 0. The zero-order valence-corrected chi connectivity index (χ0v) is 9.46. The van der Waals surface area contributed by atoms with Gasteiger partial charge in [-0.2, -0.15) is 0 Å². The van der Waals surface area contributed by atoms with Gasteiger partial charge in [-0.3, -0.25) is 10.1 Å². The Morgan fingerprint density at radius 2 is 1.89 bits per heavy atom. The van der Waals surface area contributed by atoms with Gasteiger partial charge in [0.25, 0.3) is 5.69 Å². The fraction of sp³-hybridized carbons (Fsp3) is 0. The van der Waals surface area contributed by atoms with Gasteiger partial charge < -0.3 is 4.98 Å². The van der Waals surface area contributed by atoms with Crippen molar-refractivity contribution in [1.29, 1.82) is 0 Å². The van der Waals surface area contributed by atoms with Gasteiger partial charge in [0, 0.05) is 17.8 Å². The number of nitrogens with one attached hydrogen (secondary N) is 1. The van der Waals surface area contributed by atoms with Crippen LogP contribution < -0.4 is 0 Å². The highest BCUT2D eigenvalue weighted by atomic mass is 16.6. The maximum absolute atomic E-state index is 11.0. The molecule has 2 aromatic carbocycles. The third-order valence-corrected chi connectivity index (χ3v) is 2.97. The van der Waals surface area contributed by atoms with E-state index in [0.29, 0.717) is 5.56 Å². The number of nitrogens with zero attached hydrogens (tertiary/aromatic N) is 1. The summed E-state index contributed by atoms with van der Waals surface area (Å²) in [5.41, 5.74) is 2.59. The van der Waals surface area contributed by atoms with Crippen molar-refractivity contribution in [1.82, 2.24) is 4.98 Å². The predicted molar refractivity (Wildman–Crippen MR) is 70.4 cm³/mol. The van der Waals surface area contributed by atoms with Crippen molar-refractivity contribution in [3.05, 3.63) is 64.8 Å². The van der Waals surface area contributed by atoms with Gasteiger partial charge in [0.15, 0.2) is 0 Å². The molecule has 0 fully saturated rings. The molecule has 4 nitrogen and oxygen atoms in total. The summed E-state index contributed by atoms with van der Waals surface area (Å²) in [5.74, 6) is 0. The van der Waals surface area contributed by atoms with Crippen LogP contribution in [0.25, 0.3) is 22.0 Å². The molecule has 1 N–H and O–H groups in total. The number of aromatic amines is 1. The second-order valence-corrected chi connectivity index (χ2v) is 4.05. The van der Waals surface area contributed by atoms with Crippen molar-refractivity contribution in [2.45, 2.75) is 0 Å². The lowest BCUT2D eigenvalue weighted by Crippen LogP contribution is -1.91. The lowest BCUT2D eigenvalue weighted by Gasteiger charge is -2.03. The quantitative estimate of drug-likeness (QED) is 0.546. The van der Waals surface area contributed by atoms with E-state index in [1.54, 1.807) is 18.2 Å². The number of nitro groups is 1. The monoisotopic (exact) mass is 238 g/mol. The van der Waals surface area contributed by atoms with Gasteiger partial charge in [-0.25, -0.2) is 0 Å². The number of aromatic nitrogens is 1. The molecule has 0 aliphatic heterocycles. The fourth-order valence-corrected chi connectivity index (χ4v) is 2.09. The van der Waals surface area contributed by atoms with Crippen LogP contribution in [-0.4, -0.2) is 9.91 Å². The molecule has 0 radical (unpaired) electrons. The third-order valence-electron chi connectivity index (χ3n) is 2.97. The summed E-state index contributed by atoms with van der Waals surface area (Å²) in [7, 11) is 0. The van der Waals surface area contributed by atoms with Crippen molar-refractivity contribution in [3.8, 4) is 11.1 Å². The number of fused-ring (bicyclic) bond motifs is 1. The first-order chi connectivity index (χ1) is 8.75. The topological polar surface area (TPSA) is 58.9 Å². The number of para-hydroxylation sites is 1. The molecule has 1 aromatic heterocycles. The number of rotatable bonds is 2. The van der Waals surface area contributed by atoms with E-state index >= 15 is 0 Å². The van der Waals surface area contributed by atoms with Gasteiger partial charge in [-0.15, -0.1) is 0 Å². The summed E-state index contributed by atoms with van der Waals surface area (Å²) < 4.78 is 0. The van der Waals surface area contributed by atoms with Crippen LogP contribution in [0.4, 0.5) is 5.69 Å². The smallest absolute Gasteiger partial charge is 0.277 e. The first kappa shape index (κ1) is 10.5. The Kier molecular flexibility index (Phi) is 2.34. The van der Waals surface area contributed by atoms with Gasteiger partial charge in [0.05, 0.1) is 10.5 Å². The van der Waals surface area contributed by atoms with Gasteiger partial charge >= 0.3 is 0 Å². The van der Waals surface area contributed by atoms with Gasteiger partial charge in [-0.1, -0.05) is 24.3 Å². The van der Waals surface area contributed by atoms with Crippen LogP contribution in [0.5, 0.6) is 0 Å². The Labute approximate surface area is 103 Å². The number of H-pyrrole nitrogens is 1. The molecule has 0 saturated carbocycles. The van der Waals surface area contributed by atoms with E-state index in [-0.39, 0.29) is 10.6 Å². The van der Waals surface area contributed by atoms with Crippen LogP contribution in [0.3, 0.4) is 0 Å². The normalized spacial score (nSPS) is 10.7. The van der Waals surface area contributed by atoms with E-state index in [1.165, 1.54) is 6.07 Å². The summed E-state index contributed by atoms with van der Waals surface area (Å²) in [5, 5.41) is 12.1. The maximum atomic E-state index is 11.0. The van der Waals surface area contributed by atoms with E-state index in [2.05, 4.69) is 4.98 Å². The molecule has 0 amide bonds. The SMILES string of the molecule is O=[N+]([O-])c1ccccc1-c1ccc2cc[nH]c2c1. The molecule has 3 rings (SSSR count). The summed E-state index contributed by atoms with van der Waals surface area (Å²) in [6.07, 6.45) is 1.86. The average molecular weight is 238 g/mol. The van der Waals surface area contributed by atoms with Crippen LogP contribution in [0.2, 0.25) is 0 Å². The van der Waals surface area contributed by atoms with E-state index in [1.807, 2.05) is 30.5 Å². The molecule has 18 heavy (non-hydrogen) atoms. The first-order valence-corrected chi connectivity index (χ1v) is 5.56. The van der Waals surface area contributed by atoms with Crippen molar-refractivity contribution >= 4 is 16.6 Å². The highest BCUT2D eigenvalue weighted by molar-refractivity contribution is 5.86. The molecule has 0 spiro atoms. The molecule has 0 aliphatic rings. The van der Waals surface area contributed by atoms with Crippen molar-refractivity contribution in [2.75, 3.05) is 0 Å². The van der Waals surface area contributed by atoms with E-state index in [0.717, 1.165) is 16.5 Å². The molecular formula is C14H10N2O2. The van der Waals surface area contributed by atoms with Gasteiger partial charge in [0.1, 0.15) is 0 Å². The Hall–Kier alpha value is -2.62. The van der Waals surface area contributed by atoms with Gasteiger partial charge in [-0.05, 0) is 29.1 Å². The Morgan fingerprint density at radius 1 is 1.06 bits per heavy atom. The van der Waals surface area contributed by atoms with Crippen LogP contribution in [0.15, 0.2) is 54.7 Å². The molecule has 3 aromatic rings. The predicted octanol–water partition coefficient (Wildman–Crippen LogP) is 3.74. The minimum atomic E-state index is -0.353. The molecule has 0 saturated heterocycles. The molecular weight excluding hydrogens is 228 g/mol. The highest BCUT2D eigenvalue weighted by Gasteiger charge is 2.14. The number of benzene rings is 2. The second kappa shape index (κ2) is 4.00. The first-order valence-electron chi connectivity index (χ1n) is 5.56. The molecule has 4 heteroatoms. The average Bonchev–Trinajstić information content (AvgIpc) is 2.85. The molecule has 1 heterocycles. The van der Waals surface area contributed by atoms with Crippen molar-refractivity contribution in [2.24, 2.45) is 0 Å². The van der Waals surface area contributed by atoms with E-state index < -0.39 is 0 Å². The zero-order chi connectivity index (χ0) is 12.5. The summed E-state index contributed by atoms with van der Waals surface area (Å²) in [4.78, 5) is 13.8.